The molecule has 0 aromatic carbocycles. The normalized spacial score (nSPS) is 15.3. The maximum Gasteiger partial charge on any atom is 0.253 e. The molecule has 3 rings (SSSR count). The fourth-order valence-corrected chi connectivity index (χ4v) is 2.62. The maximum atomic E-state index is 12.2. The number of aromatic nitrogens is 3. The summed E-state index contributed by atoms with van der Waals surface area (Å²) in [5, 5.41) is 13.4. The Hall–Kier alpha value is -2.48. The fourth-order valence-electron chi connectivity index (χ4n) is 2.62. The molecule has 1 aliphatic heterocycles. The summed E-state index contributed by atoms with van der Waals surface area (Å²) < 4.78 is 5.11. The zero-order chi connectivity index (χ0) is 17.6. The van der Waals surface area contributed by atoms with Crippen LogP contribution in [0.2, 0.25) is 0 Å². The van der Waals surface area contributed by atoms with E-state index in [0.29, 0.717) is 23.3 Å². The van der Waals surface area contributed by atoms with Crippen LogP contribution in [0.15, 0.2) is 22.9 Å². The lowest BCUT2D eigenvalue weighted by Gasteiger charge is -2.24. The van der Waals surface area contributed by atoms with Crippen LogP contribution < -0.4 is 16.0 Å². The van der Waals surface area contributed by atoms with Crippen LogP contribution in [0.1, 0.15) is 54.7 Å². The molecule has 8 nitrogen and oxygen atoms in total. The monoisotopic (exact) mass is 344 g/mol. The van der Waals surface area contributed by atoms with Gasteiger partial charge in [0, 0.05) is 18.2 Å². The highest BCUT2D eigenvalue weighted by Crippen LogP contribution is 2.12. The van der Waals surface area contributed by atoms with Crippen molar-refractivity contribution >= 4 is 11.7 Å². The summed E-state index contributed by atoms with van der Waals surface area (Å²) in [6.07, 6.45) is 3.73. The first-order chi connectivity index (χ1) is 12.1. The molecule has 3 heterocycles. The van der Waals surface area contributed by atoms with E-state index >= 15 is 0 Å². The quantitative estimate of drug-likeness (QED) is 0.732. The lowest BCUT2D eigenvalue weighted by molar-refractivity contribution is 0.0949. The number of carbonyl (C=O) groups excluding carboxylic acids is 1. The third kappa shape index (κ3) is 4.76. The molecule has 2 aromatic heterocycles. The average molecular weight is 344 g/mol. The van der Waals surface area contributed by atoms with E-state index in [-0.39, 0.29) is 18.4 Å². The van der Waals surface area contributed by atoms with Crippen molar-refractivity contribution in [3.63, 3.8) is 0 Å². The third-order valence-electron chi connectivity index (χ3n) is 4.10. The number of hydrogen-bond donors (Lipinski definition) is 3. The smallest absolute Gasteiger partial charge is 0.253 e. The van der Waals surface area contributed by atoms with Gasteiger partial charge in [0.25, 0.3) is 5.91 Å². The number of nitrogens with zero attached hydrogens (tertiary/aromatic N) is 3. The number of piperidine rings is 1. The van der Waals surface area contributed by atoms with E-state index in [0.717, 1.165) is 31.7 Å². The Morgan fingerprint density at radius 3 is 2.80 bits per heavy atom. The Balaban J connectivity index is 1.51. The second kappa shape index (κ2) is 8.06. The van der Waals surface area contributed by atoms with E-state index in [1.165, 1.54) is 0 Å². The molecule has 0 radical (unpaired) electrons. The first-order valence-electron chi connectivity index (χ1n) is 8.66. The van der Waals surface area contributed by atoms with Crippen molar-refractivity contribution in [1.82, 2.24) is 25.8 Å². The fraction of sp³-hybridized carbons (Fsp3) is 0.529. The first kappa shape index (κ1) is 17.3. The van der Waals surface area contributed by atoms with Crippen molar-refractivity contribution in [3.05, 3.63) is 35.6 Å². The minimum absolute atomic E-state index is 0.168. The van der Waals surface area contributed by atoms with E-state index in [1.807, 2.05) is 19.9 Å². The predicted octanol–water partition coefficient (Wildman–Crippen LogP) is 1.68. The van der Waals surface area contributed by atoms with Crippen molar-refractivity contribution in [1.29, 1.82) is 0 Å². The number of carbonyl (C=O) groups is 1. The molecule has 2 aromatic rings. The molecule has 8 heteroatoms. The van der Waals surface area contributed by atoms with Crippen LogP contribution in [0, 0.1) is 0 Å². The molecule has 0 spiro atoms. The molecule has 134 valence electrons. The van der Waals surface area contributed by atoms with Gasteiger partial charge in [0.1, 0.15) is 5.82 Å². The summed E-state index contributed by atoms with van der Waals surface area (Å²) in [4.78, 5) is 20.8. The van der Waals surface area contributed by atoms with Crippen molar-refractivity contribution in [2.45, 2.75) is 45.2 Å². The molecule has 0 aliphatic carbocycles. The van der Waals surface area contributed by atoms with Crippen molar-refractivity contribution in [2.24, 2.45) is 0 Å². The van der Waals surface area contributed by atoms with Crippen LogP contribution in [-0.2, 0) is 6.54 Å². The Bertz CT molecular complexity index is 691. The van der Waals surface area contributed by atoms with Gasteiger partial charge in [0.15, 0.2) is 5.82 Å². The maximum absolute atomic E-state index is 12.2. The number of amides is 1. The predicted molar refractivity (Wildman–Crippen MR) is 93.3 cm³/mol. The minimum Gasteiger partial charge on any atom is -0.367 e. The Kier molecular flexibility index (Phi) is 5.60. The van der Waals surface area contributed by atoms with Gasteiger partial charge in [0.2, 0.25) is 5.89 Å². The topological polar surface area (TPSA) is 105 Å². The van der Waals surface area contributed by atoms with E-state index < -0.39 is 0 Å². The lowest BCUT2D eigenvalue weighted by Crippen LogP contribution is -2.35. The van der Waals surface area contributed by atoms with Gasteiger partial charge in [-0.05, 0) is 38.1 Å². The highest BCUT2D eigenvalue weighted by atomic mass is 16.5. The van der Waals surface area contributed by atoms with Crippen molar-refractivity contribution in [2.75, 3.05) is 18.4 Å². The van der Waals surface area contributed by atoms with Crippen LogP contribution in [0.5, 0.6) is 0 Å². The third-order valence-corrected chi connectivity index (χ3v) is 4.10. The minimum atomic E-state index is -0.211. The Labute approximate surface area is 146 Å². The molecule has 1 fully saturated rings. The van der Waals surface area contributed by atoms with Crippen LogP contribution in [0.3, 0.4) is 0 Å². The number of hydrogen-bond acceptors (Lipinski definition) is 7. The summed E-state index contributed by atoms with van der Waals surface area (Å²) in [5.41, 5.74) is 0.503. The zero-order valence-corrected chi connectivity index (χ0v) is 14.6. The Morgan fingerprint density at radius 2 is 2.16 bits per heavy atom. The van der Waals surface area contributed by atoms with E-state index in [1.54, 1.807) is 12.3 Å². The SMILES string of the molecule is CC(C)c1nc(CNC(=O)c2ccc(NC3CCNCC3)nc2)no1. The van der Waals surface area contributed by atoms with Gasteiger partial charge < -0.3 is 20.5 Å². The van der Waals surface area contributed by atoms with Gasteiger partial charge in [-0.25, -0.2) is 4.98 Å². The van der Waals surface area contributed by atoms with Crippen LogP contribution in [0.25, 0.3) is 0 Å². The molecule has 0 unspecified atom stereocenters. The van der Waals surface area contributed by atoms with Gasteiger partial charge in [-0.2, -0.15) is 4.98 Å². The highest BCUT2D eigenvalue weighted by molar-refractivity contribution is 5.93. The van der Waals surface area contributed by atoms with E-state index in [4.69, 9.17) is 4.52 Å². The van der Waals surface area contributed by atoms with E-state index in [2.05, 4.69) is 31.1 Å². The number of nitrogens with one attached hydrogen (secondary N) is 3. The van der Waals surface area contributed by atoms with Gasteiger partial charge in [0.05, 0.1) is 12.1 Å². The van der Waals surface area contributed by atoms with Gasteiger partial charge in [-0.15, -0.1) is 0 Å². The molecular weight excluding hydrogens is 320 g/mol. The summed E-state index contributed by atoms with van der Waals surface area (Å²) in [6, 6.07) is 4.03. The molecule has 1 amide bonds. The van der Waals surface area contributed by atoms with Crippen LogP contribution in [0.4, 0.5) is 5.82 Å². The molecular formula is C17H24N6O2. The molecule has 1 aliphatic rings. The number of rotatable bonds is 6. The summed E-state index contributed by atoms with van der Waals surface area (Å²) in [6.45, 7) is 6.21. The van der Waals surface area contributed by atoms with E-state index in [9.17, 15) is 4.79 Å². The molecule has 0 saturated carbocycles. The second-order valence-electron chi connectivity index (χ2n) is 6.49. The van der Waals surface area contributed by atoms with Gasteiger partial charge in [-0.3, -0.25) is 4.79 Å². The number of anilines is 1. The van der Waals surface area contributed by atoms with Crippen molar-refractivity contribution in [3.8, 4) is 0 Å². The zero-order valence-electron chi connectivity index (χ0n) is 14.6. The van der Waals surface area contributed by atoms with Crippen molar-refractivity contribution < 1.29 is 9.32 Å². The number of pyridine rings is 1. The molecule has 25 heavy (non-hydrogen) atoms. The van der Waals surface area contributed by atoms with Crippen LogP contribution in [-0.4, -0.2) is 40.2 Å². The largest absolute Gasteiger partial charge is 0.367 e. The summed E-state index contributed by atoms with van der Waals surface area (Å²) >= 11 is 0. The standard InChI is InChI=1S/C17H24N6O2/c1-11(2)17-22-15(23-25-17)10-20-16(24)12-3-4-14(19-9-12)21-13-5-7-18-8-6-13/h3-4,9,11,13,18H,5-8,10H2,1-2H3,(H,19,21)(H,20,24). The van der Waals surface area contributed by atoms with Gasteiger partial charge in [-0.1, -0.05) is 19.0 Å². The molecule has 1 saturated heterocycles. The first-order valence-corrected chi connectivity index (χ1v) is 8.66. The molecule has 0 bridgehead atoms. The average Bonchev–Trinajstić information content (AvgIpc) is 3.11. The Morgan fingerprint density at radius 1 is 1.36 bits per heavy atom. The highest BCUT2D eigenvalue weighted by Gasteiger charge is 2.14. The molecule has 0 atom stereocenters. The van der Waals surface area contributed by atoms with Gasteiger partial charge >= 0.3 is 0 Å². The summed E-state index contributed by atoms with van der Waals surface area (Å²) in [5.74, 6) is 1.79. The lowest BCUT2D eigenvalue weighted by atomic mass is 10.1. The summed E-state index contributed by atoms with van der Waals surface area (Å²) in [7, 11) is 0. The molecule has 3 N–H and O–H groups in total. The van der Waals surface area contributed by atoms with Crippen LogP contribution >= 0.6 is 0 Å². The second-order valence-corrected chi connectivity index (χ2v) is 6.49.